The van der Waals surface area contributed by atoms with Crippen LogP contribution < -0.4 is 0 Å². The normalized spacial score (nSPS) is 10.6. The van der Waals surface area contributed by atoms with Crippen molar-refractivity contribution in [2.45, 2.75) is 0 Å². The molecule has 0 saturated carbocycles. The Balaban J connectivity index is 2.92. The smallest absolute Gasteiger partial charge is 0.328 e. The molecule has 0 amide bonds. The highest BCUT2D eigenvalue weighted by Gasteiger charge is 1.96. The lowest BCUT2D eigenvalue weighted by Crippen LogP contribution is -1.85. The van der Waals surface area contributed by atoms with E-state index in [9.17, 15) is 4.79 Å². The van der Waals surface area contributed by atoms with Gasteiger partial charge in [0, 0.05) is 10.5 Å². The van der Waals surface area contributed by atoms with Crippen LogP contribution in [0.25, 0.3) is 6.08 Å². The van der Waals surface area contributed by atoms with Gasteiger partial charge in [-0.05, 0) is 39.7 Å². The molecule has 2 nitrogen and oxygen atoms in total. The van der Waals surface area contributed by atoms with Crippen LogP contribution in [0.2, 0.25) is 5.02 Å². The molecule has 0 bridgehead atoms. The van der Waals surface area contributed by atoms with Gasteiger partial charge in [-0.15, -0.1) is 0 Å². The van der Waals surface area contributed by atoms with Gasteiger partial charge >= 0.3 is 5.97 Å². The minimum absolute atomic E-state index is 0.604. The number of aliphatic carboxylic acids is 1. The molecule has 0 heterocycles. The van der Waals surface area contributed by atoms with Crippen molar-refractivity contribution in [3.05, 3.63) is 39.3 Å². The van der Waals surface area contributed by atoms with E-state index in [0.29, 0.717) is 5.02 Å². The molecule has 0 aliphatic rings. The summed E-state index contributed by atoms with van der Waals surface area (Å²) >= 11 is 9.00. The highest BCUT2D eigenvalue weighted by atomic mass is 79.9. The number of carboxylic acid groups (broad SMARTS) is 1. The number of hydrogen-bond donors (Lipinski definition) is 1. The van der Waals surface area contributed by atoms with Crippen LogP contribution in [0.4, 0.5) is 0 Å². The van der Waals surface area contributed by atoms with Gasteiger partial charge in [0.1, 0.15) is 0 Å². The Labute approximate surface area is 89.0 Å². The second-order valence-electron chi connectivity index (χ2n) is 2.35. The molecule has 0 atom stereocenters. The number of benzene rings is 1. The summed E-state index contributed by atoms with van der Waals surface area (Å²) in [5.41, 5.74) is 0.790. The van der Waals surface area contributed by atoms with E-state index >= 15 is 0 Å². The number of hydrogen-bond acceptors (Lipinski definition) is 1. The van der Waals surface area contributed by atoms with Crippen molar-refractivity contribution in [3.8, 4) is 0 Å². The monoisotopic (exact) mass is 260 g/mol. The topological polar surface area (TPSA) is 37.3 Å². The second kappa shape index (κ2) is 4.44. The van der Waals surface area contributed by atoms with Crippen molar-refractivity contribution >= 4 is 39.6 Å². The highest BCUT2D eigenvalue weighted by Crippen LogP contribution is 2.23. The molecular weight excluding hydrogens is 255 g/mol. The summed E-state index contributed by atoms with van der Waals surface area (Å²) in [6, 6.07) is 5.20. The van der Waals surface area contributed by atoms with Gasteiger partial charge in [0.25, 0.3) is 0 Å². The Morgan fingerprint density at radius 3 is 2.77 bits per heavy atom. The fourth-order valence-corrected chi connectivity index (χ4v) is 1.30. The Morgan fingerprint density at radius 2 is 2.23 bits per heavy atom. The quantitative estimate of drug-likeness (QED) is 0.830. The molecule has 0 aliphatic heterocycles. The minimum atomic E-state index is -0.967. The van der Waals surface area contributed by atoms with E-state index < -0.39 is 5.97 Å². The molecule has 13 heavy (non-hydrogen) atoms. The van der Waals surface area contributed by atoms with E-state index in [1.807, 2.05) is 0 Å². The van der Waals surface area contributed by atoms with Crippen molar-refractivity contribution in [1.29, 1.82) is 0 Å². The molecule has 0 fully saturated rings. The molecule has 0 aromatic heterocycles. The summed E-state index contributed by atoms with van der Waals surface area (Å²) in [5.74, 6) is -0.967. The molecule has 0 spiro atoms. The van der Waals surface area contributed by atoms with Gasteiger partial charge in [0.2, 0.25) is 0 Å². The average Bonchev–Trinajstić information content (AvgIpc) is 2.07. The zero-order valence-corrected chi connectivity index (χ0v) is 8.84. The van der Waals surface area contributed by atoms with Crippen LogP contribution in [0, 0.1) is 0 Å². The predicted octanol–water partition coefficient (Wildman–Crippen LogP) is 3.20. The molecule has 1 rings (SSSR count). The third-order valence-corrected chi connectivity index (χ3v) is 2.58. The molecule has 68 valence electrons. The van der Waals surface area contributed by atoms with Crippen LogP contribution in [0.3, 0.4) is 0 Å². The van der Waals surface area contributed by atoms with Gasteiger partial charge in [-0.2, -0.15) is 0 Å². The summed E-state index contributed by atoms with van der Waals surface area (Å²) in [4.78, 5) is 10.2. The number of rotatable bonds is 2. The first-order valence-electron chi connectivity index (χ1n) is 3.45. The highest BCUT2D eigenvalue weighted by molar-refractivity contribution is 9.10. The summed E-state index contributed by atoms with van der Waals surface area (Å²) in [7, 11) is 0. The molecule has 1 aromatic carbocycles. The Kier molecular flexibility index (Phi) is 3.51. The van der Waals surface area contributed by atoms with Crippen LogP contribution in [0.15, 0.2) is 28.7 Å². The molecule has 0 radical (unpaired) electrons. The first kappa shape index (κ1) is 10.3. The number of carboxylic acids is 1. The van der Waals surface area contributed by atoms with Gasteiger partial charge in [-0.3, -0.25) is 0 Å². The molecular formula is C9H6BrClO2. The summed E-state index contributed by atoms with van der Waals surface area (Å²) in [6.45, 7) is 0. The third kappa shape index (κ3) is 3.20. The average molecular weight is 262 g/mol. The van der Waals surface area contributed by atoms with Crippen LogP contribution in [-0.2, 0) is 4.79 Å². The van der Waals surface area contributed by atoms with Crippen LogP contribution in [0.1, 0.15) is 5.56 Å². The SMILES string of the molecule is O=C(O)C=Cc1ccc(Cl)c(Br)c1. The molecule has 0 aliphatic carbocycles. The summed E-state index contributed by atoms with van der Waals surface area (Å²) in [5, 5.41) is 8.98. The Bertz CT molecular complexity index is 361. The molecule has 0 unspecified atom stereocenters. The third-order valence-electron chi connectivity index (χ3n) is 1.36. The predicted molar refractivity (Wildman–Crippen MR) is 55.8 cm³/mol. The molecule has 1 N–H and O–H groups in total. The van der Waals surface area contributed by atoms with E-state index in [0.717, 1.165) is 16.1 Å². The lowest BCUT2D eigenvalue weighted by Gasteiger charge is -1.96. The van der Waals surface area contributed by atoms with Gasteiger partial charge < -0.3 is 5.11 Å². The van der Waals surface area contributed by atoms with E-state index in [1.54, 1.807) is 18.2 Å². The van der Waals surface area contributed by atoms with Crippen molar-refractivity contribution in [2.75, 3.05) is 0 Å². The Hall–Kier alpha value is -0.800. The van der Waals surface area contributed by atoms with E-state index in [2.05, 4.69) is 15.9 Å². The van der Waals surface area contributed by atoms with Gasteiger partial charge in [-0.1, -0.05) is 17.7 Å². The largest absolute Gasteiger partial charge is 0.478 e. The fraction of sp³-hybridized carbons (Fsp3) is 0. The standard InChI is InChI=1S/C9H6BrClO2/c10-7-5-6(1-3-8(7)11)2-4-9(12)13/h1-5H,(H,12,13). The first-order valence-corrected chi connectivity index (χ1v) is 4.63. The fourth-order valence-electron chi connectivity index (χ4n) is 0.784. The maximum absolute atomic E-state index is 10.2. The lowest BCUT2D eigenvalue weighted by atomic mass is 10.2. The maximum Gasteiger partial charge on any atom is 0.328 e. The van der Waals surface area contributed by atoms with Crippen LogP contribution in [0.5, 0.6) is 0 Å². The van der Waals surface area contributed by atoms with Crippen molar-refractivity contribution in [1.82, 2.24) is 0 Å². The molecule has 4 heteroatoms. The van der Waals surface area contributed by atoms with Crippen LogP contribution >= 0.6 is 27.5 Å². The molecule has 1 aromatic rings. The minimum Gasteiger partial charge on any atom is -0.478 e. The lowest BCUT2D eigenvalue weighted by molar-refractivity contribution is -0.131. The van der Waals surface area contributed by atoms with Gasteiger partial charge in [0.15, 0.2) is 0 Å². The van der Waals surface area contributed by atoms with Gasteiger partial charge in [-0.25, -0.2) is 4.79 Å². The first-order chi connectivity index (χ1) is 6.09. The van der Waals surface area contributed by atoms with E-state index in [-0.39, 0.29) is 0 Å². The van der Waals surface area contributed by atoms with E-state index in [4.69, 9.17) is 16.7 Å². The van der Waals surface area contributed by atoms with Crippen molar-refractivity contribution < 1.29 is 9.90 Å². The zero-order valence-electron chi connectivity index (χ0n) is 6.50. The second-order valence-corrected chi connectivity index (χ2v) is 3.61. The van der Waals surface area contributed by atoms with Crippen LogP contribution in [-0.4, -0.2) is 11.1 Å². The van der Waals surface area contributed by atoms with Gasteiger partial charge in [0.05, 0.1) is 5.02 Å². The van der Waals surface area contributed by atoms with Crippen molar-refractivity contribution in [2.24, 2.45) is 0 Å². The Morgan fingerprint density at radius 1 is 1.54 bits per heavy atom. The van der Waals surface area contributed by atoms with Crippen molar-refractivity contribution in [3.63, 3.8) is 0 Å². The zero-order chi connectivity index (χ0) is 9.84. The maximum atomic E-state index is 10.2. The summed E-state index contributed by atoms with van der Waals surface area (Å²) < 4.78 is 0.752. The molecule has 0 saturated heterocycles. The summed E-state index contributed by atoms with van der Waals surface area (Å²) in [6.07, 6.45) is 2.58. The van der Waals surface area contributed by atoms with E-state index in [1.165, 1.54) is 6.08 Å². The number of carbonyl (C=O) groups is 1. The number of halogens is 2.